The Kier molecular flexibility index (Phi) is 3.11. The maximum atomic E-state index is 5.82. The zero-order chi connectivity index (χ0) is 13.4. The Morgan fingerprint density at radius 2 is 1.74 bits per heavy atom. The van der Waals surface area contributed by atoms with Crippen LogP contribution in [0.5, 0.6) is 0 Å². The second kappa shape index (κ2) is 4.78. The summed E-state index contributed by atoms with van der Waals surface area (Å²) in [4.78, 5) is 4.62. The number of rotatable bonds is 1. The summed E-state index contributed by atoms with van der Waals surface area (Å²) >= 11 is 3.61. The van der Waals surface area contributed by atoms with Crippen LogP contribution in [0.25, 0.3) is 0 Å². The Morgan fingerprint density at radius 3 is 2.47 bits per heavy atom. The molecule has 3 nitrogen and oxygen atoms in total. The number of nitrogens with zero attached hydrogens (tertiary/aromatic N) is 2. The Labute approximate surface area is 121 Å². The van der Waals surface area contributed by atoms with Crippen molar-refractivity contribution in [3.05, 3.63) is 46.9 Å². The second-order valence-corrected chi connectivity index (χ2v) is 5.63. The fourth-order valence-electron chi connectivity index (χ4n) is 2.50. The molecule has 1 aliphatic rings. The number of halogens is 1. The first kappa shape index (κ1) is 12.4. The highest BCUT2D eigenvalue weighted by atomic mass is 79.9. The van der Waals surface area contributed by atoms with Gasteiger partial charge in [-0.15, -0.1) is 0 Å². The van der Waals surface area contributed by atoms with Crippen LogP contribution < -0.4 is 15.5 Å². The van der Waals surface area contributed by atoms with Crippen molar-refractivity contribution in [1.82, 2.24) is 0 Å². The van der Waals surface area contributed by atoms with E-state index < -0.39 is 0 Å². The summed E-state index contributed by atoms with van der Waals surface area (Å²) in [7, 11) is 2.13. The van der Waals surface area contributed by atoms with E-state index in [-0.39, 0.29) is 0 Å². The van der Waals surface area contributed by atoms with Crippen LogP contribution in [-0.2, 0) is 0 Å². The van der Waals surface area contributed by atoms with Crippen LogP contribution in [0.1, 0.15) is 0 Å². The Hall–Kier alpha value is -1.68. The fourth-order valence-corrected chi connectivity index (χ4v) is 3.11. The van der Waals surface area contributed by atoms with Gasteiger partial charge in [-0.25, -0.2) is 0 Å². The monoisotopic (exact) mass is 317 g/mol. The molecule has 2 aromatic rings. The minimum absolute atomic E-state index is 0.776. The summed E-state index contributed by atoms with van der Waals surface area (Å²) in [6.07, 6.45) is 0. The lowest BCUT2D eigenvalue weighted by Crippen LogP contribution is -2.36. The third-order valence-electron chi connectivity index (χ3n) is 3.51. The molecule has 0 amide bonds. The van der Waals surface area contributed by atoms with E-state index in [1.54, 1.807) is 0 Å². The number of para-hydroxylation sites is 2. The van der Waals surface area contributed by atoms with Gasteiger partial charge in [-0.1, -0.05) is 12.1 Å². The lowest BCUT2D eigenvalue weighted by molar-refractivity contribution is 0.821. The van der Waals surface area contributed by atoms with Crippen LogP contribution in [0.15, 0.2) is 46.9 Å². The normalized spacial score (nSPS) is 14.4. The summed E-state index contributed by atoms with van der Waals surface area (Å²) in [6.45, 7) is 1.98. The van der Waals surface area contributed by atoms with Crippen molar-refractivity contribution < 1.29 is 0 Å². The minimum Gasteiger partial charge on any atom is -0.399 e. The molecule has 3 rings (SSSR count). The lowest BCUT2D eigenvalue weighted by Gasteiger charge is -2.37. The van der Waals surface area contributed by atoms with Gasteiger partial charge in [0, 0.05) is 30.3 Å². The highest BCUT2D eigenvalue weighted by molar-refractivity contribution is 9.10. The van der Waals surface area contributed by atoms with Gasteiger partial charge in [-0.2, -0.15) is 0 Å². The molecule has 2 N–H and O–H groups in total. The quantitative estimate of drug-likeness (QED) is 0.815. The highest BCUT2D eigenvalue weighted by Crippen LogP contribution is 2.40. The van der Waals surface area contributed by atoms with Gasteiger partial charge in [0.05, 0.1) is 17.1 Å². The summed E-state index contributed by atoms with van der Waals surface area (Å²) in [5.41, 5.74) is 10.3. The maximum Gasteiger partial charge on any atom is 0.0649 e. The molecule has 2 aromatic carbocycles. The van der Waals surface area contributed by atoms with E-state index in [2.05, 4.69) is 63.1 Å². The molecule has 0 saturated heterocycles. The van der Waals surface area contributed by atoms with Gasteiger partial charge in [-0.05, 0) is 46.3 Å². The first-order valence-electron chi connectivity index (χ1n) is 6.29. The van der Waals surface area contributed by atoms with Gasteiger partial charge in [0.15, 0.2) is 0 Å². The topological polar surface area (TPSA) is 32.5 Å². The Balaban J connectivity index is 2.09. The van der Waals surface area contributed by atoms with E-state index in [9.17, 15) is 0 Å². The third kappa shape index (κ3) is 2.16. The molecule has 0 bridgehead atoms. The number of anilines is 4. The van der Waals surface area contributed by atoms with Gasteiger partial charge < -0.3 is 15.5 Å². The molecule has 0 atom stereocenters. The first-order valence-corrected chi connectivity index (χ1v) is 7.09. The van der Waals surface area contributed by atoms with Crippen molar-refractivity contribution in [3.63, 3.8) is 0 Å². The van der Waals surface area contributed by atoms with Gasteiger partial charge in [0.1, 0.15) is 0 Å². The molecule has 0 saturated carbocycles. The van der Waals surface area contributed by atoms with E-state index in [0.29, 0.717) is 0 Å². The van der Waals surface area contributed by atoms with Crippen LogP contribution in [0.3, 0.4) is 0 Å². The van der Waals surface area contributed by atoms with Crippen molar-refractivity contribution >= 4 is 38.7 Å². The van der Waals surface area contributed by atoms with E-state index in [4.69, 9.17) is 5.73 Å². The summed E-state index contributed by atoms with van der Waals surface area (Å²) in [5.74, 6) is 0. The predicted octanol–water partition coefficient (Wildman–Crippen LogP) is 3.62. The standard InChI is InChI=1S/C15H16BrN3/c1-18-8-9-19(15-5-3-2-4-14(15)18)13-7-6-11(17)10-12(13)16/h2-7,10H,8-9,17H2,1H3. The molecule has 4 heteroatoms. The van der Waals surface area contributed by atoms with Crippen LogP contribution in [0.4, 0.5) is 22.7 Å². The Morgan fingerprint density at radius 1 is 1.00 bits per heavy atom. The molecule has 1 heterocycles. The molecular formula is C15H16BrN3. The second-order valence-electron chi connectivity index (χ2n) is 4.77. The van der Waals surface area contributed by atoms with E-state index >= 15 is 0 Å². The molecule has 0 fully saturated rings. The number of benzene rings is 2. The number of nitrogens with two attached hydrogens (primary N) is 1. The SMILES string of the molecule is CN1CCN(c2ccc(N)cc2Br)c2ccccc21. The molecule has 0 aromatic heterocycles. The predicted molar refractivity (Wildman–Crippen MR) is 85.3 cm³/mol. The molecule has 0 aliphatic carbocycles. The van der Waals surface area contributed by atoms with Crippen LogP contribution in [0, 0.1) is 0 Å². The number of nitrogen functional groups attached to an aromatic ring is 1. The minimum atomic E-state index is 0.776. The third-order valence-corrected chi connectivity index (χ3v) is 4.14. The summed E-state index contributed by atoms with van der Waals surface area (Å²) < 4.78 is 1.03. The van der Waals surface area contributed by atoms with Gasteiger partial charge in [0.25, 0.3) is 0 Å². The largest absolute Gasteiger partial charge is 0.399 e. The zero-order valence-electron chi connectivity index (χ0n) is 10.8. The maximum absolute atomic E-state index is 5.82. The van der Waals surface area contributed by atoms with Gasteiger partial charge in [0.2, 0.25) is 0 Å². The van der Waals surface area contributed by atoms with Gasteiger partial charge >= 0.3 is 0 Å². The summed E-state index contributed by atoms with van der Waals surface area (Å²) in [6, 6.07) is 14.5. The van der Waals surface area contributed by atoms with E-state index in [1.807, 2.05) is 12.1 Å². The van der Waals surface area contributed by atoms with Crippen LogP contribution in [0.2, 0.25) is 0 Å². The summed E-state index contributed by atoms with van der Waals surface area (Å²) in [5, 5.41) is 0. The highest BCUT2D eigenvalue weighted by Gasteiger charge is 2.22. The molecule has 0 unspecified atom stereocenters. The number of hydrogen-bond acceptors (Lipinski definition) is 3. The number of fused-ring (bicyclic) bond motifs is 1. The smallest absolute Gasteiger partial charge is 0.0649 e. The number of hydrogen-bond donors (Lipinski definition) is 1. The Bertz CT molecular complexity index is 612. The van der Waals surface area contributed by atoms with E-state index in [0.717, 1.165) is 28.9 Å². The lowest BCUT2D eigenvalue weighted by atomic mass is 10.1. The average Bonchev–Trinajstić information content (AvgIpc) is 2.41. The van der Waals surface area contributed by atoms with Crippen molar-refractivity contribution in [2.24, 2.45) is 0 Å². The molecular weight excluding hydrogens is 302 g/mol. The van der Waals surface area contributed by atoms with Crippen molar-refractivity contribution in [2.45, 2.75) is 0 Å². The van der Waals surface area contributed by atoms with Crippen molar-refractivity contribution in [1.29, 1.82) is 0 Å². The number of likely N-dealkylation sites (N-methyl/N-ethyl adjacent to an activating group) is 1. The molecule has 0 radical (unpaired) electrons. The van der Waals surface area contributed by atoms with Crippen LogP contribution in [-0.4, -0.2) is 20.1 Å². The molecule has 0 spiro atoms. The average molecular weight is 318 g/mol. The van der Waals surface area contributed by atoms with Crippen molar-refractivity contribution in [2.75, 3.05) is 35.7 Å². The van der Waals surface area contributed by atoms with Crippen molar-refractivity contribution in [3.8, 4) is 0 Å². The molecule has 1 aliphatic heterocycles. The van der Waals surface area contributed by atoms with Crippen LogP contribution >= 0.6 is 15.9 Å². The fraction of sp³-hybridized carbons (Fsp3) is 0.200. The molecule has 19 heavy (non-hydrogen) atoms. The van der Waals surface area contributed by atoms with E-state index in [1.165, 1.54) is 11.4 Å². The first-order chi connectivity index (χ1) is 9.16. The zero-order valence-corrected chi connectivity index (χ0v) is 12.4. The van der Waals surface area contributed by atoms with Gasteiger partial charge in [-0.3, -0.25) is 0 Å². The molecule has 98 valence electrons.